The van der Waals surface area contributed by atoms with Crippen LogP contribution in [0.25, 0.3) is 0 Å². The highest BCUT2D eigenvalue weighted by molar-refractivity contribution is 5.81. The normalized spacial score (nSPS) is 10.7. The number of halogens is 4. The van der Waals surface area contributed by atoms with Crippen molar-refractivity contribution >= 4 is 6.21 Å². The van der Waals surface area contributed by atoms with Crippen molar-refractivity contribution in [1.29, 1.82) is 5.26 Å². The van der Waals surface area contributed by atoms with Crippen molar-refractivity contribution in [2.24, 2.45) is 5.16 Å². The molecular weight excluding hydrogens is 300 g/mol. The Morgan fingerprint density at radius 3 is 2.18 bits per heavy atom. The summed E-state index contributed by atoms with van der Waals surface area (Å²) in [6, 6.07) is 7.95. The molecule has 22 heavy (non-hydrogen) atoms. The molecule has 0 heterocycles. The van der Waals surface area contributed by atoms with Gasteiger partial charge in [0.2, 0.25) is 17.4 Å². The van der Waals surface area contributed by atoms with E-state index in [1.54, 1.807) is 31.2 Å². The van der Waals surface area contributed by atoms with E-state index in [2.05, 4.69) is 9.99 Å². The van der Waals surface area contributed by atoms with Crippen molar-refractivity contribution in [1.82, 2.24) is 0 Å². The van der Waals surface area contributed by atoms with Crippen LogP contribution < -0.4 is 4.84 Å². The van der Waals surface area contributed by atoms with Crippen LogP contribution in [0.4, 0.5) is 17.6 Å². The predicted molar refractivity (Wildman–Crippen MR) is 70.4 cm³/mol. The second kappa shape index (κ2) is 6.26. The van der Waals surface area contributed by atoms with Crippen LogP contribution in [-0.4, -0.2) is 6.21 Å². The molecule has 0 saturated carbocycles. The number of aryl methyl sites for hydroxylation is 1. The summed E-state index contributed by atoms with van der Waals surface area (Å²) in [7, 11) is 0. The zero-order valence-electron chi connectivity index (χ0n) is 11.2. The Hall–Kier alpha value is -2.88. The summed E-state index contributed by atoms with van der Waals surface area (Å²) in [5.74, 6) is -8.65. The van der Waals surface area contributed by atoms with Crippen molar-refractivity contribution in [3.05, 3.63) is 64.2 Å². The van der Waals surface area contributed by atoms with Gasteiger partial charge < -0.3 is 4.84 Å². The third kappa shape index (κ3) is 2.76. The van der Waals surface area contributed by atoms with Gasteiger partial charge in [0, 0.05) is 0 Å². The number of benzene rings is 2. The maximum atomic E-state index is 13.6. The molecule has 0 bridgehead atoms. The van der Waals surface area contributed by atoms with E-state index in [0.29, 0.717) is 5.56 Å². The average Bonchev–Trinajstić information content (AvgIpc) is 2.51. The number of nitrogens with zero attached hydrogens (tertiary/aromatic N) is 2. The van der Waals surface area contributed by atoms with Gasteiger partial charge in [0.25, 0.3) is 0 Å². The summed E-state index contributed by atoms with van der Waals surface area (Å²) in [5.41, 5.74) is 0.0520. The molecule has 0 saturated heterocycles. The fraction of sp³-hybridized carbons (Fsp3) is 0.0667. The summed E-state index contributed by atoms with van der Waals surface area (Å²) in [4.78, 5) is 4.42. The quantitative estimate of drug-likeness (QED) is 0.374. The lowest BCUT2D eigenvalue weighted by atomic mass is 10.1. The van der Waals surface area contributed by atoms with Crippen LogP contribution in [0, 0.1) is 41.5 Å². The molecule has 2 aromatic carbocycles. The Balaban J connectivity index is 2.36. The molecule has 0 aliphatic heterocycles. The maximum absolute atomic E-state index is 13.6. The summed E-state index contributed by atoms with van der Waals surface area (Å²) in [6.45, 7) is 1.77. The first-order chi connectivity index (χ1) is 10.5. The summed E-state index contributed by atoms with van der Waals surface area (Å²) in [6.07, 6.45) is 1.14. The van der Waals surface area contributed by atoms with Gasteiger partial charge in [0.05, 0.1) is 6.21 Å². The van der Waals surface area contributed by atoms with E-state index >= 15 is 0 Å². The molecular formula is C15H8F4N2O. The van der Waals surface area contributed by atoms with Gasteiger partial charge in [-0.25, -0.2) is 8.78 Å². The van der Waals surface area contributed by atoms with Crippen molar-refractivity contribution in [3.63, 3.8) is 0 Å². The molecule has 0 fully saturated rings. The first kappa shape index (κ1) is 15.5. The van der Waals surface area contributed by atoms with Crippen molar-refractivity contribution < 1.29 is 22.4 Å². The molecule has 0 radical (unpaired) electrons. The van der Waals surface area contributed by atoms with Crippen LogP contribution in [0.3, 0.4) is 0 Å². The third-order valence-electron chi connectivity index (χ3n) is 2.86. The van der Waals surface area contributed by atoms with E-state index in [1.807, 2.05) is 0 Å². The zero-order chi connectivity index (χ0) is 16.3. The third-order valence-corrected chi connectivity index (χ3v) is 2.86. The van der Waals surface area contributed by atoms with Crippen molar-refractivity contribution in [2.75, 3.05) is 0 Å². The minimum absolute atomic E-state index is 0.595. The molecule has 0 aliphatic rings. The fourth-order valence-electron chi connectivity index (χ4n) is 1.66. The Labute approximate surface area is 123 Å². The molecule has 0 spiro atoms. The molecule has 2 aromatic rings. The van der Waals surface area contributed by atoms with Gasteiger partial charge in [-0.15, -0.1) is 0 Å². The molecule has 3 nitrogen and oxygen atoms in total. The van der Waals surface area contributed by atoms with E-state index in [0.717, 1.165) is 17.8 Å². The molecule has 0 atom stereocenters. The molecule has 2 rings (SSSR count). The first-order valence-electron chi connectivity index (χ1n) is 5.99. The summed E-state index contributed by atoms with van der Waals surface area (Å²) >= 11 is 0. The van der Waals surface area contributed by atoms with Gasteiger partial charge in [-0.05, 0) is 18.1 Å². The summed E-state index contributed by atoms with van der Waals surface area (Å²) in [5, 5.41) is 11.8. The van der Waals surface area contributed by atoms with Crippen molar-refractivity contribution in [2.45, 2.75) is 6.92 Å². The lowest BCUT2D eigenvalue weighted by Crippen LogP contribution is -2.04. The van der Waals surface area contributed by atoms with Crippen LogP contribution in [0.2, 0.25) is 0 Å². The van der Waals surface area contributed by atoms with Gasteiger partial charge in [0.1, 0.15) is 11.6 Å². The van der Waals surface area contributed by atoms with E-state index in [9.17, 15) is 17.6 Å². The van der Waals surface area contributed by atoms with Crippen LogP contribution >= 0.6 is 0 Å². The van der Waals surface area contributed by atoms with Gasteiger partial charge in [0.15, 0.2) is 11.6 Å². The highest BCUT2D eigenvalue weighted by atomic mass is 19.2. The second-order valence-corrected chi connectivity index (χ2v) is 4.25. The second-order valence-electron chi connectivity index (χ2n) is 4.25. The number of oxime groups is 1. The van der Waals surface area contributed by atoms with Gasteiger partial charge in [-0.1, -0.05) is 29.4 Å². The highest BCUT2D eigenvalue weighted by Crippen LogP contribution is 2.29. The van der Waals surface area contributed by atoms with E-state index in [1.165, 1.54) is 0 Å². The van der Waals surface area contributed by atoms with Crippen LogP contribution in [-0.2, 0) is 0 Å². The lowest BCUT2D eigenvalue weighted by Gasteiger charge is -2.06. The van der Waals surface area contributed by atoms with Crippen LogP contribution in [0.15, 0.2) is 29.4 Å². The van der Waals surface area contributed by atoms with E-state index in [4.69, 9.17) is 5.26 Å². The zero-order valence-corrected chi connectivity index (χ0v) is 11.2. The molecule has 0 aromatic heterocycles. The Morgan fingerprint density at radius 2 is 1.64 bits per heavy atom. The average molecular weight is 308 g/mol. The number of hydrogen-bond donors (Lipinski definition) is 0. The molecule has 0 unspecified atom stereocenters. The minimum atomic E-state index is -1.83. The Kier molecular flexibility index (Phi) is 4.41. The Bertz CT molecular complexity index is 768. The Morgan fingerprint density at radius 1 is 1.05 bits per heavy atom. The SMILES string of the molecule is Cc1ccccc1/C=N/Oc1c(F)c(F)c(C#N)c(F)c1F. The smallest absolute Gasteiger partial charge is 0.235 e. The monoisotopic (exact) mass is 308 g/mol. The molecule has 0 N–H and O–H groups in total. The van der Waals surface area contributed by atoms with Gasteiger partial charge in [-0.2, -0.15) is 14.0 Å². The molecule has 7 heteroatoms. The molecule has 112 valence electrons. The van der Waals surface area contributed by atoms with Crippen molar-refractivity contribution in [3.8, 4) is 11.8 Å². The number of nitriles is 1. The molecule has 0 aliphatic carbocycles. The first-order valence-corrected chi connectivity index (χ1v) is 5.99. The van der Waals surface area contributed by atoms with E-state index in [-0.39, 0.29) is 0 Å². The predicted octanol–water partition coefficient (Wildman–Crippen LogP) is 3.84. The largest absolute Gasteiger partial charge is 0.350 e. The van der Waals surface area contributed by atoms with Gasteiger partial charge >= 0.3 is 0 Å². The van der Waals surface area contributed by atoms with Crippen LogP contribution in [0.1, 0.15) is 16.7 Å². The van der Waals surface area contributed by atoms with E-state index < -0.39 is 34.6 Å². The van der Waals surface area contributed by atoms with Gasteiger partial charge in [-0.3, -0.25) is 0 Å². The fourth-order valence-corrected chi connectivity index (χ4v) is 1.66. The number of rotatable bonds is 3. The standard InChI is InChI=1S/C15H8F4N2O/c1-8-4-2-3-5-9(8)7-21-22-15-13(18)11(16)10(6-20)12(17)14(15)19/h2-5,7H,1H3/b21-7+. The topological polar surface area (TPSA) is 45.4 Å². The molecule has 0 amide bonds. The maximum Gasteiger partial charge on any atom is 0.235 e. The summed E-state index contributed by atoms with van der Waals surface area (Å²) < 4.78 is 53.9. The number of hydrogen-bond acceptors (Lipinski definition) is 3. The highest BCUT2D eigenvalue weighted by Gasteiger charge is 2.27. The van der Waals surface area contributed by atoms with Crippen LogP contribution in [0.5, 0.6) is 5.75 Å². The lowest BCUT2D eigenvalue weighted by molar-refractivity contribution is 0.287. The minimum Gasteiger partial charge on any atom is -0.350 e.